The van der Waals surface area contributed by atoms with Gasteiger partial charge in [-0.1, -0.05) is 23.7 Å². The lowest BCUT2D eigenvalue weighted by Crippen LogP contribution is -2.28. The smallest absolute Gasteiger partial charge is 0.337 e. The molecule has 6 heteroatoms. The lowest BCUT2D eigenvalue weighted by Gasteiger charge is -2.28. The molecule has 0 fully saturated rings. The SMILES string of the molecule is Cc1nc2[nH]c(C)c(C)c2c(-c2ccc(Cl)cc2)c1[C@H](OC(C)(C)C)C(=O)O. The Morgan fingerprint density at radius 3 is 2.32 bits per heavy atom. The van der Waals surface area contributed by atoms with Crippen LogP contribution in [-0.4, -0.2) is 26.6 Å². The van der Waals surface area contributed by atoms with E-state index < -0.39 is 17.7 Å². The molecule has 0 radical (unpaired) electrons. The van der Waals surface area contributed by atoms with Gasteiger partial charge < -0.3 is 14.8 Å². The summed E-state index contributed by atoms with van der Waals surface area (Å²) in [5, 5.41) is 11.5. The van der Waals surface area contributed by atoms with E-state index in [0.717, 1.165) is 33.4 Å². The molecule has 0 bridgehead atoms. The van der Waals surface area contributed by atoms with E-state index in [0.29, 0.717) is 16.3 Å². The molecule has 2 aromatic heterocycles. The summed E-state index contributed by atoms with van der Waals surface area (Å²) in [6.45, 7) is 11.3. The van der Waals surface area contributed by atoms with Gasteiger partial charge in [0.1, 0.15) is 5.65 Å². The normalized spacial score (nSPS) is 13.1. The largest absolute Gasteiger partial charge is 0.479 e. The summed E-state index contributed by atoms with van der Waals surface area (Å²) in [6.07, 6.45) is -1.14. The number of hydrogen-bond donors (Lipinski definition) is 2. The number of aryl methyl sites for hydroxylation is 3. The van der Waals surface area contributed by atoms with Gasteiger partial charge in [0.2, 0.25) is 0 Å². The van der Waals surface area contributed by atoms with E-state index in [1.807, 2.05) is 53.7 Å². The highest BCUT2D eigenvalue weighted by molar-refractivity contribution is 6.30. The third-order valence-corrected chi connectivity index (χ3v) is 5.01. The first-order valence-corrected chi connectivity index (χ1v) is 9.53. The van der Waals surface area contributed by atoms with Crippen molar-refractivity contribution in [1.29, 1.82) is 0 Å². The maximum Gasteiger partial charge on any atom is 0.337 e. The number of fused-ring (bicyclic) bond motifs is 1. The van der Waals surface area contributed by atoms with Gasteiger partial charge in [-0.2, -0.15) is 0 Å². The van der Waals surface area contributed by atoms with E-state index in [2.05, 4.69) is 9.97 Å². The Labute approximate surface area is 169 Å². The number of ether oxygens (including phenoxy) is 1. The Morgan fingerprint density at radius 1 is 1.18 bits per heavy atom. The van der Waals surface area contributed by atoms with Gasteiger partial charge in [0.05, 0.1) is 5.60 Å². The molecule has 3 aromatic rings. The molecule has 0 amide bonds. The molecule has 1 aromatic carbocycles. The van der Waals surface area contributed by atoms with Gasteiger partial charge in [0.15, 0.2) is 6.10 Å². The van der Waals surface area contributed by atoms with Gasteiger partial charge in [0, 0.05) is 32.9 Å². The van der Waals surface area contributed by atoms with E-state index >= 15 is 0 Å². The highest BCUT2D eigenvalue weighted by Gasteiger charge is 2.33. The van der Waals surface area contributed by atoms with Crippen LogP contribution in [0, 0.1) is 20.8 Å². The van der Waals surface area contributed by atoms with Gasteiger partial charge in [-0.05, 0) is 64.8 Å². The number of H-pyrrole nitrogens is 1. The topological polar surface area (TPSA) is 75.2 Å². The molecule has 5 nitrogen and oxygen atoms in total. The number of nitrogens with one attached hydrogen (secondary N) is 1. The molecule has 2 N–H and O–H groups in total. The van der Waals surface area contributed by atoms with Gasteiger partial charge in [-0.25, -0.2) is 9.78 Å². The molecular weight excluding hydrogens is 376 g/mol. The Bertz CT molecular complexity index is 1050. The molecule has 148 valence electrons. The van der Waals surface area contributed by atoms with Crippen molar-refractivity contribution in [2.45, 2.75) is 53.2 Å². The molecule has 0 unspecified atom stereocenters. The summed E-state index contributed by atoms with van der Waals surface area (Å²) in [5.74, 6) is -1.04. The highest BCUT2D eigenvalue weighted by atomic mass is 35.5. The monoisotopic (exact) mass is 400 g/mol. The van der Waals surface area contributed by atoms with E-state index in [9.17, 15) is 9.90 Å². The fourth-order valence-corrected chi connectivity index (χ4v) is 3.58. The van der Waals surface area contributed by atoms with Crippen molar-refractivity contribution < 1.29 is 14.6 Å². The summed E-state index contributed by atoms with van der Waals surface area (Å²) >= 11 is 6.09. The summed E-state index contributed by atoms with van der Waals surface area (Å²) in [6, 6.07) is 7.41. The molecule has 0 saturated carbocycles. The first-order valence-electron chi connectivity index (χ1n) is 9.15. The summed E-state index contributed by atoms with van der Waals surface area (Å²) < 4.78 is 5.97. The highest BCUT2D eigenvalue weighted by Crippen LogP contribution is 2.41. The van der Waals surface area contributed by atoms with Gasteiger partial charge in [-0.3, -0.25) is 0 Å². The number of aliphatic carboxylic acids is 1. The van der Waals surface area contributed by atoms with Crippen molar-refractivity contribution in [3.05, 3.63) is 51.8 Å². The number of halogens is 1. The molecule has 0 aliphatic carbocycles. The minimum absolute atomic E-state index is 0.569. The van der Waals surface area contributed by atoms with Crippen LogP contribution in [0.3, 0.4) is 0 Å². The van der Waals surface area contributed by atoms with E-state index in [4.69, 9.17) is 16.3 Å². The molecule has 2 heterocycles. The number of carboxylic acids is 1. The number of benzene rings is 1. The first kappa shape index (κ1) is 20.4. The summed E-state index contributed by atoms with van der Waals surface area (Å²) in [4.78, 5) is 20.2. The number of aromatic nitrogens is 2. The number of hydrogen-bond acceptors (Lipinski definition) is 3. The third-order valence-electron chi connectivity index (χ3n) is 4.76. The van der Waals surface area contributed by atoms with Crippen LogP contribution in [0.25, 0.3) is 22.2 Å². The number of rotatable bonds is 4. The van der Waals surface area contributed by atoms with Gasteiger partial charge in [0.25, 0.3) is 0 Å². The number of carboxylic acid groups (broad SMARTS) is 1. The number of pyridine rings is 1. The van der Waals surface area contributed by atoms with Crippen molar-refractivity contribution in [1.82, 2.24) is 9.97 Å². The second-order valence-electron chi connectivity index (χ2n) is 8.04. The molecule has 3 rings (SSSR count). The predicted molar refractivity (Wildman–Crippen MR) is 112 cm³/mol. The van der Waals surface area contributed by atoms with E-state index in [1.165, 1.54) is 0 Å². The molecule has 0 aliphatic rings. The van der Waals surface area contributed by atoms with Crippen LogP contribution in [0.2, 0.25) is 5.02 Å². The predicted octanol–water partition coefficient (Wildman–Crippen LogP) is 5.75. The lowest BCUT2D eigenvalue weighted by atomic mass is 9.91. The molecule has 0 aliphatic heterocycles. The van der Waals surface area contributed by atoms with Crippen LogP contribution in [0.4, 0.5) is 0 Å². The van der Waals surface area contributed by atoms with Crippen LogP contribution in [-0.2, 0) is 9.53 Å². The summed E-state index contributed by atoms with van der Waals surface area (Å²) in [7, 11) is 0. The molecule has 28 heavy (non-hydrogen) atoms. The standard InChI is InChI=1S/C22H25ClN2O3/c1-11-12(2)24-20-16(11)18(14-7-9-15(23)10-8-14)17(13(3)25-20)19(21(26)27)28-22(4,5)6/h7-10,19H,1-6H3,(H,24,25)(H,26,27)/t19-/m0/s1. The van der Waals surface area contributed by atoms with Gasteiger partial charge in [-0.15, -0.1) is 0 Å². The minimum atomic E-state index is -1.14. The zero-order chi connectivity index (χ0) is 20.8. The van der Waals surface area contributed by atoms with Gasteiger partial charge >= 0.3 is 5.97 Å². The summed E-state index contributed by atoms with van der Waals surface area (Å²) in [5.41, 5.74) is 5.02. The minimum Gasteiger partial charge on any atom is -0.479 e. The quantitative estimate of drug-likeness (QED) is 0.584. The van der Waals surface area contributed by atoms with Crippen molar-refractivity contribution in [2.75, 3.05) is 0 Å². The fourth-order valence-electron chi connectivity index (χ4n) is 3.46. The molecular formula is C22H25ClN2O3. The van der Waals surface area contributed by atoms with Crippen LogP contribution < -0.4 is 0 Å². The average molecular weight is 401 g/mol. The molecule has 0 saturated heterocycles. The van der Waals surface area contributed by atoms with E-state index in [1.54, 1.807) is 12.1 Å². The number of aromatic amines is 1. The Kier molecular flexibility index (Phi) is 5.26. The molecule has 0 spiro atoms. The van der Waals surface area contributed by atoms with Crippen molar-refractivity contribution in [3.8, 4) is 11.1 Å². The molecule has 1 atom stereocenters. The zero-order valence-electron chi connectivity index (χ0n) is 17.0. The Hall–Kier alpha value is -2.37. The second-order valence-corrected chi connectivity index (χ2v) is 8.48. The third kappa shape index (κ3) is 3.77. The van der Waals surface area contributed by atoms with Crippen LogP contribution in [0.1, 0.15) is 49.4 Å². The van der Waals surface area contributed by atoms with E-state index in [-0.39, 0.29) is 0 Å². The number of nitrogens with zero attached hydrogens (tertiary/aromatic N) is 1. The fraction of sp³-hybridized carbons (Fsp3) is 0.364. The Balaban J connectivity index is 2.42. The zero-order valence-corrected chi connectivity index (χ0v) is 17.7. The number of carbonyl (C=O) groups is 1. The maximum absolute atomic E-state index is 12.2. The van der Waals surface area contributed by atoms with Crippen molar-refractivity contribution in [3.63, 3.8) is 0 Å². The average Bonchev–Trinajstić information content (AvgIpc) is 2.86. The lowest BCUT2D eigenvalue weighted by molar-refractivity contribution is -0.160. The van der Waals surface area contributed by atoms with Crippen molar-refractivity contribution >= 4 is 28.6 Å². The van der Waals surface area contributed by atoms with Crippen LogP contribution in [0.15, 0.2) is 24.3 Å². The van der Waals surface area contributed by atoms with Crippen LogP contribution in [0.5, 0.6) is 0 Å². The second kappa shape index (κ2) is 7.22. The van der Waals surface area contributed by atoms with Crippen molar-refractivity contribution in [2.24, 2.45) is 0 Å². The van der Waals surface area contributed by atoms with Crippen LogP contribution >= 0.6 is 11.6 Å². The Morgan fingerprint density at radius 2 is 1.79 bits per heavy atom. The first-order chi connectivity index (χ1) is 13.0. The maximum atomic E-state index is 12.2.